The number of methoxy groups -OCH3 is 1. The van der Waals surface area contributed by atoms with Crippen molar-refractivity contribution < 1.29 is 9.53 Å². The van der Waals surface area contributed by atoms with E-state index in [1.807, 2.05) is 56.3 Å². The number of ether oxygens (including phenoxy) is 1. The third-order valence-corrected chi connectivity index (χ3v) is 4.50. The number of para-hydroxylation sites is 1. The summed E-state index contributed by atoms with van der Waals surface area (Å²) in [7, 11) is 1.58. The summed E-state index contributed by atoms with van der Waals surface area (Å²) in [6, 6.07) is 20.9. The Morgan fingerprint density at radius 3 is 2.39 bits per heavy atom. The maximum atomic E-state index is 12.5. The van der Waals surface area contributed by atoms with Crippen LogP contribution in [0.25, 0.3) is 11.8 Å². The first kappa shape index (κ1) is 19.0. The molecule has 0 bridgehead atoms. The molecule has 0 radical (unpaired) electrons. The molecular weight excluding hydrogens is 350 g/mol. The number of rotatable bonds is 5. The molecule has 3 aromatic rings. The Bertz CT molecular complexity index is 1060. The number of benzene rings is 2. The number of nitrogens with zero attached hydrogens (tertiary/aromatic N) is 2. The van der Waals surface area contributed by atoms with Gasteiger partial charge in [0.2, 0.25) is 0 Å². The van der Waals surface area contributed by atoms with E-state index in [-0.39, 0.29) is 5.57 Å². The first-order valence-corrected chi connectivity index (χ1v) is 8.85. The van der Waals surface area contributed by atoms with Crippen LogP contribution in [0.5, 0.6) is 5.75 Å². The molecule has 28 heavy (non-hydrogen) atoms. The van der Waals surface area contributed by atoms with Gasteiger partial charge in [-0.2, -0.15) is 5.26 Å². The first-order valence-electron chi connectivity index (χ1n) is 8.85. The Morgan fingerprint density at radius 1 is 1.11 bits per heavy atom. The van der Waals surface area contributed by atoms with Crippen molar-refractivity contribution in [2.24, 2.45) is 0 Å². The van der Waals surface area contributed by atoms with Gasteiger partial charge in [-0.1, -0.05) is 18.2 Å². The van der Waals surface area contributed by atoms with Gasteiger partial charge in [0.25, 0.3) is 5.91 Å². The predicted molar refractivity (Wildman–Crippen MR) is 110 cm³/mol. The quantitative estimate of drug-likeness (QED) is 0.524. The van der Waals surface area contributed by atoms with E-state index in [1.165, 1.54) is 0 Å². The van der Waals surface area contributed by atoms with Crippen LogP contribution < -0.4 is 10.1 Å². The van der Waals surface area contributed by atoms with Crippen LogP contribution in [0.4, 0.5) is 5.69 Å². The fourth-order valence-corrected chi connectivity index (χ4v) is 3.09. The molecule has 0 aliphatic carbocycles. The molecule has 5 heteroatoms. The van der Waals surface area contributed by atoms with Crippen LogP contribution in [0.1, 0.15) is 17.0 Å². The Kier molecular flexibility index (Phi) is 5.61. The molecule has 0 saturated carbocycles. The summed E-state index contributed by atoms with van der Waals surface area (Å²) < 4.78 is 7.21. The molecule has 1 aromatic heterocycles. The van der Waals surface area contributed by atoms with Crippen molar-refractivity contribution in [3.8, 4) is 17.5 Å². The lowest BCUT2D eigenvalue weighted by atomic mass is 10.1. The van der Waals surface area contributed by atoms with Crippen LogP contribution in [-0.4, -0.2) is 17.6 Å². The summed E-state index contributed by atoms with van der Waals surface area (Å²) >= 11 is 0. The van der Waals surface area contributed by atoms with Crippen LogP contribution in [0, 0.1) is 25.2 Å². The summed E-state index contributed by atoms with van der Waals surface area (Å²) in [5, 5.41) is 12.2. The molecule has 1 N–H and O–H groups in total. The van der Waals surface area contributed by atoms with Gasteiger partial charge in [-0.05, 0) is 68.0 Å². The second-order valence-corrected chi connectivity index (χ2v) is 6.35. The van der Waals surface area contributed by atoms with E-state index in [1.54, 1.807) is 37.5 Å². The summed E-state index contributed by atoms with van der Waals surface area (Å²) in [6.07, 6.45) is 1.63. The number of hydrogen-bond acceptors (Lipinski definition) is 3. The lowest BCUT2D eigenvalue weighted by Gasteiger charge is -2.09. The van der Waals surface area contributed by atoms with Crippen molar-refractivity contribution in [1.82, 2.24) is 4.57 Å². The molecule has 0 atom stereocenters. The van der Waals surface area contributed by atoms with Gasteiger partial charge < -0.3 is 14.6 Å². The highest BCUT2D eigenvalue weighted by molar-refractivity contribution is 6.09. The molecule has 0 unspecified atom stereocenters. The molecular formula is C23H21N3O2. The summed E-state index contributed by atoms with van der Waals surface area (Å²) in [5.41, 5.74) is 4.52. The number of nitrogens with one attached hydrogen (secondary N) is 1. The molecule has 140 valence electrons. The highest BCUT2D eigenvalue weighted by Crippen LogP contribution is 2.23. The van der Waals surface area contributed by atoms with Gasteiger partial charge in [0, 0.05) is 22.8 Å². The number of anilines is 1. The van der Waals surface area contributed by atoms with Crippen LogP contribution in [0.15, 0.2) is 66.2 Å². The van der Waals surface area contributed by atoms with Crippen molar-refractivity contribution >= 4 is 17.7 Å². The van der Waals surface area contributed by atoms with Crippen molar-refractivity contribution in [3.63, 3.8) is 0 Å². The molecule has 3 rings (SSSR count). The number of nitriles is 1. The molecule has 0 fully saturated rings. The molecule has 5 nitrogen and oxygen atoms in total. The van der Waals surface area contributed by atoms with Gasteiger partial charge >= 0.3 is 0 Å². The monoisotopic (exact) mass is 371 g/mol. The number of aromatic nitrogens is 1. The zero-order chi connectivity index (χ0) is 20.1. The zero-order valence-corrected chi connectivity index (χ0v) is 16.1. The molecule has 0 aliphatic heterocycles. The maximum Gasteiger partial charge on any atom is 0.266 e. The molecule has 1 heterocycles. The average molecular weight is 371 g/mol. The minimum Gasteiger partial charge on any atom is -0.497 e. The number of carbonyl (C=O) groups is 1. The topological polar surface area (TPSA) is 67.0 Å². The summed E-state index contributed by atoms with van der Waals surface area (Å²) in [5.74, 6) is 0.250. The van der Waals surface area contributed by atoms with E-state index >= 15 is 0 Å². The number of amides is 1. The van der Waals surface area contributed by atoms with E-state index in [2.05, 4.69) is 9.88 Å². The Morgan fingerprint density at radius 2 is 1.79 bits per heavy atom. The average Bonchev–Trinajstić information content (AvgIpc) is 3.00. The van der Waals surface area contributed by atoms with Gasteiger partial charge in [0.15, 0.2) is 0 Å². The van der Waals surface area contributed by atoms with E-state index < -0.39 is 5.91 Å². The number of aryl methyl sites for hydroxylation is 1. The zero-order valence-electron chi connectivity index (χ0n) is 16.1. The standard InChI is InChI=1S/C23H21N3O2/c1-16-13-18(17(2)26(16)21-7-5-4-6-8-21)14-19(15-24)23(27)25-20-9-11-22(28-3)12-10-20/h4-14H,1-3H3,(H,25,27). The first-order chi connectivity index (χ1) is 13.5. The minimum atomic E-state index is -0.447. The van der Waals surface area contributed by atoms with Gasteiger partial charge in [-0.15, -0.1) is 0 Å². The lowest BCUT2D eigenvalue weighted by molar-refractivity contribution is -0.112. The van der Waals surface area contributed by atoms with Gasteiger partial charge in [-0.25, -0.2) is 0 Å². The van der Waals surface area contributed by atoms with Crippen molar-refractivity contribution in [1.29, 1.82) is 5.26 Å². The number of carbonyl (C=O) groups excluding carboxylic acids is 1. The summed E-state index contributed by atoms with van der Waals surface area (Å²) in [6.45, 7) is 3.98. The lowest BCUT2D eigenvalue weighted by Crippen LogP contribution is -2.13. The highest BCUT2D eigenvalue weighted by Gasteiger charge is 2.14. The maximum absolute atomic E-state index is 12.5. The molecule has 0 aliphatic rings. The van der Waals surface area contributed by atoms with E-state index in [9.17, 15) is 10.1 Å². The van der Waals surface area contributed by atoms with Gasteiger partial charge in [-0.3, -0.25) is 4.79 Å². The minimum absolute atomic E-state index is 0.0455. The van der Waals surface area contributed by atoms with Gasteiger partial charge in [0.1, 0.15) is 17.4 Å². The SMILES string of the molecule is COc1ccc(NC(=O)C(C#N)=Cc2cc(C)n(-c3ccccc3)c2C)cc1. The van der Waals surface area contributed by atoms with Gasteiger partial charge in [0.05, 0.1) is 7.11 Å². The van der Waals surface area contributed by atoms with E-state index in [4.69, 9.17) is 4.74 Å². The van der Waals surface area contributed by atoms with Crippen LogP contribution in [0.2, 0.25) is 0 Å². The van der Waals surface area contributed by atoms with E-state index in [0.29, 0.717) is 11.4 Å². The second-order valence-electron chi connectivity index (χ2n) is 6.35. The molecule has 1 amide bonds. The van der Waals surface area contributed by atoms with E-state index in [0.717, 1.165) is 22.6 Å². The number of hydrogen-bond donors (Lipinski definition) is 1. The molecule has 2 aromatic carbocycles. The normalized spacial score (nSPS) is 11.0. The Labute approximate surface area is 164 Å². The molecule has 0 saturated heterocycles. The van der Waals surface area contributed by atoms with Crippen molar-refractivity contribution in [3.05, 3.63) is 83.2 Å². The van der Waals surface area contributed by atoms with Crippen LogP contribution in [-0.2, 0) is 4.79 Å². The van der Waals surface area contributed by atoms with Crippen LogP contribution in [0.3, 0.4) is 0 Å². The van der Waals surface area contributed by atoms with Crippen molar-refractivity contribution in [2.75, 3.05) is 12.4 Å². The summed E-state index contributed by atoms with van der Waals surface area (Å²) in [4.78, 5) is 12.5. The predicted octanol–water partition coefficient (Wildman–Crippen LogP) is 4.65. The smallest absolute Gasteiger partial charge is 0.266 e. The Balaban J connectivity index is 1.88. The third kappa shape index (κ3) is 3.97. The second kappa shape index (κ2) is 8.28. The molecule has 0 spiro atoms. The third-order valence-electron chi connectivity index (χ3n) is 4.50. The Hall–Kier alpha value is -3.78. The highest BCUT2D eigenvalue weighted by atomic mass is 16.5. The fourth-order valence-electron chi connectivity index (χ4n) is 3.09. The van der Waals surface area contributed by atoms with Crippen molar-refractivity contribution in [2.45, 2.75) is 13.8 Å². The van der Waals surface area contributed by atoms with Crippen LogP contribution >= 0.6 is 0 Å². The fraction of sp³-hybridized carbons (Fsp3) is 0.130. The largest absolute Gasteiger partial charge is 0.497 e.